The summed E-state index contributed by atoms with van der Waals surface area (Å²) in [7, 11) is 0. The predicted molar refractivity (Wildman–Crippen MR) is 43.3 cm³/mol. The molecule has 4 heteroatoms. The van der Waals surface area contributed by atoms with Crippen molar-refractivity contribution in [2.75, 3.05) is 5.73 Å². The van der Waals surface area contributed by atoms with Crippen LogP contribution in [-0.4, -0.2) is 9.97 Å². The molecule has 4 N–H and O–H groups in total. The lowest BCUT2D eigenvalue weighted by molar-refractivity contribution is 1.26. The molecule has 0 saturated heterocycles. The number of nitrogens with one attached hydrogen (secondary N) is 2. The van der Waals surface area contributed by atoms with Crippen LogP contribution in [0, 0.1) is 0 Å². The number of anilines is 1. The van der Waals surface area contributed by atoms with Crippen molar-refractivity contribution in [3.63, 3.8) is 0 Å². The molecule has 2 aromatic heterocycles. The van der Waals surface area contributed by atoms with Gasteiger partial charge in [0.2, 0.25) is 5.56 Å². The van der Waals surface area contributed by atoms with Crippen molar-refractivity contribution in [3.05, 3.63) is 28.8 Å². The summed E-state index contributed by atoms with van der Waals surface area (Å²) < 4.78 is 0. The first-order valence-corrected chi connectivity index (χ1v) is 3.22. The molecule has 0 aromatic carbocycles. The van der Waals surface area contributed by atoms with Gasteiger partial charge in [-0.05, 0) is 0 Å². The molecular formula is C7H7N3O. The maximum absolute atomic E-state index is 10.8. The highest BCUT2D eigenvalue weighted by Crippen LogP contribution is 2.15. The molecule has 56 valence electrons. The molecule has 0 aliphatic carbocycles. The number of fused-ring (bicyclic) bond motifs is 1. The van der Waals surface area contributed by atoms with E-state index in [1.165, 1.54) is 6.07 Å². The van der Waals surface area contributed by atoms with E-state index < -0.39 is 0 Å². The zero-order valence-electron chi connectivity index (χ0n) is 5.72. The second-order valence-electron chi connectivity index (χ2n) is 2.37. The van der Waals surface area contributed by atoms with Crippen LogP contribution < -0.4 is 11.3 Å². The third-order valence-corrected chi connectivity index (χ3v) is 1.62. The summed E-state index contributed by atoms with van der Waals surface area (Å²) in [6, 6.07) is 1.48. The van der Waals surface area contributed by atoms with Crippen LogP contribution in [0.25, 0.3) is 10.9 Å². The van der Waals surface area contributed by atoms with E-state index in [0.29, 0.717) is 5.69 Å². The number of aromatic amines is 2. The summed E-state index contributed by atoms with van der Waals surface area (Å²) in [6.07, 6.45) is 3.27. The predicted octanol–water partition coefficient (Wildman–Crippen LogP) is 0.438. The van der Waals surface area contributed by atoms with Crippen LogP contribution in [0.15, 0.2) is 23.3 Å². The first-order chi connectivity index (χ1) is 5.27. The van der Waals surface area contributed by atoms with E-state index >= 15 is 0 Å². The third-order valence-electron chi connectivity index (χ3n) is 1.62. The van der Waals surface area contributed by atoms with E-state index in [9.17, 15) is 4.79 Å². The first-order valence-electron chi connectivity index (χ1n) is 3.22. The Bertz CT molecular complexity index is 440. The number of hydrogen-bond donors (Lipinski definition) is 3. The van der Waals surface area contributed by atoms with Gasteiger partial charge in [-0.3, -0.25) is 4.79 Å². The summed E-state index contributed by atoms with van der Waals surface area (Å²) in [5.41, 5.74) is 6.87. The zero-order valence-corrected chi connectivity index (χ0v) is 5.72. The molecule has 0 aliphatic rings. The first kappa shape index (κ1) is 6.03. The Morgan fingerprint density at radius 1 is 1.27 bits per heavy atom. The van der Waals surface area contributed by atoms with Gasteiger partial charge in [-0.1, -0.05) is 0 Å². The van der Waals surface area contributed by atoms with Gasteiger partial charge in [0.15, 0.2) is 0 Å². The summed E-state index contributed by atoms with van der Waals surface area (Å²) in [4.78, 5) is 16.2. The summed E-state index contributed by atoms with van der Waals surface area (Å²) in [5, 5.41) is 0.851. The standard InChI is InChI=1S/C7H7N3O/c8-5-3-9-6-1-7(11)10-2-4(5)6/h1-3,9H,8H2,(H,10,11). The van der Waals surface area contributed by atoms with Crippen molar-refractivity contribution >= 4 is 16.6 Å². The highest BCUT2D eigenvalue weighted by atomic mass is 16.1. The Morgan fingerprint density at radius 2 is 2.09 bits per heavy atom. The van der Waals surface area contributed by atoms with E-state index in [2.05, 4.69) is 9.97 Å². The minimum atomic E-state index is -0.126. The van der Waals surface area contributed by atoms with Crippen LogP contribution in [0.1, 0.15) is 0 Å². The van der Waals surface area contributed by atoms with Gasteiger partial charge >= 0.3 is 0 Å². The molecule has 0 spiro atoms. The Balaban J connectivity index is 2.96. The molecule has 0 fully saturated rings. The number of nitrogens with two attached hydrogens (primary N) is 1. The van der Waals surface area contributed by atoms with Crippen molar-refractivity contribution in [2.45, 2.75) is 0 Å². The van der Waals surface area contributed by atoms with Gasteiger partial charge in [-0.15, -0.1) is 0 Å². The number of aromatic nitrogens is 2. The van der Waals surface area contributed by atoms with Crippen LogP contribution in [0.5, 0.6) is 0 Å². The lowest BCUT2D eigenvalue weighted by atomic mass is 10.3. The minimum Gasteiger partial charge on any atom is -0.397 e. The molecule has 0 amide bonds. The second-order valence-corrected chi connectivity index (χ2v) is 2.37. The van der Waals surface area contributed by atoms with Gasteiger partial charge in [-0.2, -0.15) is 0 Å². The SMILES string of the molecule is Nc1c[nH]c2cc(=O)[nH]cc12. The molecular weight excluding hydrogens is 142 g/mol. The van der Waals surface area contributed by atoms with Gasteiger partial charge in [0.1, 0.15) is 0 Å². The Kier molecular flexibility index (Phi) is 1.03. The van der Waals surface area contributed by atoms with Crippen molar-refractivity contribution in [3.8, 4) is 0 Å². The van der Waals surface area contributed by atoms with Crippen molar-refractivity contribution in [2.24, 2.45) is 0 Å². The van der Waals surface area contributed by atoms with Crippen molar-refractivity contribution < 1.29 is 0 Å². The molecule has 2 rings (SSSR count). The molecule has 0 saturated carbocycles. The molecule has 11 heavy (non-hydrogen) atoms. The van der Waals surface area contributed by atoms with Gasteiger partial charge in [0, 0.05) is 23.8 Å². The Labute approximate surface area is 62.0 Å². The van der Waals surface area contributed by atoms with Crippen LogP contribution in [0.2, 0.25) is 0 Å². The Hall–Kier alpha value is -1.71. The molecule has 2 heterocycles. The molecule has 0 radical (unpaired) electrons. The number of rotatable bonds is 0. The highest BCUT2D eigenvalue weighted by molar-refractivity contribution is 5.90. The van der Waals surface area contributed by atoms with Crippen LogP contribution in [0.3, 0.4) is 0 Å². The lowest BCUT2D eigenvalue weighted by Crippen LogP contribution is -2.01. The zero-order chi connectivity index (χ0) is 7.84. The van der Waals surface area contributed by atoms with Crippen molar-refractivity contribution in [1.82, 2.24) is 9.97 Å². The molecule has 0 unspecified atom stereocenters. The van der Waals surface area contributed by atoms with E-state index in [1.54, 1.807) is 12.4 Å². The maximum atomic E-state index is 10.8. The molecule has 2 aromatic rings. The molecule has 4 nitrogen and oxygen atoms in total. The fraction of sp³-hybridized carbons (Fsp3) is 0. The van der Waals surface area contributed by atoms with E-state index in [4.69, 9.17) is 5.73 Å². The highest BCUT2D eigenvalue weighted by Gasteiger charge is 1.98. The topological polar surface area (TPSA) is 74.7 Å². The number of pyridine rings is 1. The smallest absolute Gasteiger partial charge is 0.250 e. The molecule has 0 atom stereocenters. The average molecular weight is 149 g/mol. The van der Waals surface area contributed by atoms with Crippen LogP contribution >= 0.6 is 0 Å². The quantitative estimate of drug-likeness (QED) is 0.508. The van der Waals surface area contributed by atoms with E-state index in [0.717, 1.165) is 10.9 Å². The van der Waals surface area contributed by atoms with Gasteiger partial charge in [0.25, 0.3) is 0 Å². The average Bonchev–Trinajstić information content (AvgIpc) is 2.32. The summed E-state index contributed by atoms with van der Waals surface area (Å²) >= 11 is 0. The van der Waals surface area contributed by atoms with E-state index in [-0.39, 0.29) is 5.56 Å². The van der Waals surface area contributed by atoms with E-state index in [1.807, 2.05) is 0 Å². The minimum absolute atomic E-state index is 0.126. The van der Waals surface area contributed by atoms with Crippen molar-refractivity contribution in [1.29, 1.82) is 0 Å². The summed E-state index contributed by atoms with van der Waals surface area (Å²) in [6.45, 7) is 0. The van der Waals surface area contributed by atoms with Gasteiger partial charge < -0.3 is 15.7 Å². The fourth-order valence-electron chi connectivity index (χ4n) is 1.06. The summed E-state index contributed by atoms with van der Waals surface area (Å²) in [5.74, 6) is 0. The van der Waals surface area contributed by atoms with Crippen LogP contribution in [0.4, 0.5) is 5.69 Å². The molecule has 0 bridgehead atoms. The normalized spacial score (nSPS) is 10.5. The maximum Gasteiger partial charge on any atom is 0.250 e. The van der Waals surface area contributed by atoms with Crippen LogP contribution in [-0.2, 0) is 0 Å². The van der Waals surface area contributed by atoms with Gasteiger partial charge in [-0.25, -0.2) is 0 Å². The Morgan fingerprint density at radius 3 is 2.91 bits per heavy atom. The third kappa shape index (κ3) is 0.797. The monoisotopic (exact) mass is 149 g/mol. The lowest BCUT2D eigenvalue weighted by Gasteiger charge is -1.87. The molecule has 0 aliphatic heterocycles. The number of nitrogen functional groups attached to an aromatic ring is 1. The van der Waals surface area contributed by atoms with Gasteiger partial charge in [0.05, 0.1) is 11.2 Å². The number of H-pyrrole nitrogens is 2. The number of hydrogen-bond acceptors (Lipinski definition) is 2. The fourth-order valence-corrected chi connectivity index (χ4v) is 1.06. The largest absolute Gasteiger partial charge is 0.397 e. The second kappa shape index (κ2) is 1.88.